The summed E-state index contributed by atoms with van der Waals surface area (Å²) in [5, 5.41) is 3.96. The van der Waals surface area contributed by atoms with Crippen molar-refractivity contribution < 1.29 is 0 Å². The van der Waals surface area contributed by atoms with Crippen LogP contribution in [0, 0.1) is 11.8 Å². The van der Waals surface area contributed by atoms with Crippen molar-refractivity contribution in [3.8, 4) is 0 Å². The van der Waals surface area contributed by atoms with E-state index in [-0.39, 0.29) is 0 Å². The van der Waals surface area contributed by atoms with Crippen molar-refractivity contribution in [3.63, 3.8) is 0 Å². The lowest BCUT2D eigenvalue weighted by Gasteiger charge is -2.38. The first-order valence-electron chi connectivity index (χ1n) is 7.69. The lowest BCUT2D eigenvalue weighted by atomic mass is 9.77. The molecule has 3 heteroatoms. The van der Waals surface area contributed by atoms with E-state index in [1.807, 2.05) is 0 Å². The molecular weight excluding hydrogens is 274 g/mol. The Morgan fingerprint density at radius 2 is 2.05 bits per heavy atom. The summed E-state index contributed by atoms with van der Waals surface area (Å²) in [7, 11) is 0. The van der Waals surface area contributed by atoms with E-state index in [4.69, 9.17) is 11.6 Å². The molecule has 19 heavy (non-hydrogen) atoms. The van der Waals surface area contributed by atoms with Crippen molar-refractivity contribution in [1.82, 2.24) is 5.32 Å². The van der Waals surface area contributed by atoms with Gasteiger partial charge in [0, 0.05) is 17.0 Å². The number of halogens is 1. The van der Waals surface area contributed by atoms with Crippen LogP contribution in [0.25, 0.3) is 0 Å². The fraction of sp³-hybridized carbons (Fsp3) is 0.750. The van der Waals surface area contributed by atoms with Crippen LogP contribution in [0.2, 0.25) is 4.34 Å². The molecule has 1 saturated carbocycles. The first-order chi connectivity index (χ1) is 9.15. The van der Waals surface area contributed by atoms with Gasteiger partial charge in [0.2, 0.25) is 0 Å². The molecule has 0 radical (unpaired) electrons. The van der Waals surface area contributed by atoms with E-state index in [1.54, 1.807) is 11.3 Å². The summed E-state index contributed by atoms with van der Waals surface area (Å²) in [6.07, 6.45) is 7.93. The average Bonchev–Trinajstić information content (AvgIpc) is 2.76. The Bertz CT molecular complexity index is 442. The van der Waals surface area contributed by atoms with E-state index in [0.717, 1.165) is 16.2 Å². The summed E-state index contributed by atoms with van der Waals surface area (Å²) in [5.41, 5.74) is 1.49. The molecule has 2 aliphatic rings. The van der Waals surface area contributed by atoms with Gasteiger partial charge >= 0.3 is 0 Å². The van der Waals surface area contributed by atoms with Crippen LogP contribution in [0.5, 0.6) is 0 Å². The Balaban J connectivity index is 1.73. The summed E-state index contributed by atoms with van der Waals surface area (Å²) < 4.78 is 0.962. The highest BCUT2D eigenvalue weighted by Crippen LogP contribution is 2.39. The highest BCUT2D eigenvalue weighted by molar-refractivity contribution is 7.16. The van der Waals surface area contributed by atoms with E-state index >= 15 is 0 Å². The normalized spacial score (nSPS) is 35.1. The summed E-state index contributed by atoms with van der Waals surface area (Å²) in [4.78, 5) is 1.52. The molecule has 1 N–H and O–H groups in total. The third-order valence-corrected chi connectivity index (χ3v) is 6.55. The summed E-state index contributed by atoms with van der Waals surface area (Å²) in [5.74, 6) is 1.66. The topological polar surface area (TPSA) is 12.0 Å². The Labute approximate surface area is 125 Å². The Kier molecular flexibility index (Phi) is 4.21. The molecule has 3 rings (SSSR count). The van der Waals surface area contributed by atoms with Crippen LogP contribution < -0.4 is 5.32 Å². The van der Waals surface area contributed by atoms with Crippen molar-refractivity contribution in [2.75, 3.05) is 0 Å². The second-order valence-electron chi connectivity index (χ2n) is 6.41. The lowest BCUT2D eigenvalue weighted by Crippen LogP contribution is -2.43. The van der Waals surface area contributed by atoms with Crippen LogP contribution >= 0.6 is 22.9 Å². The quantitative estimate of drug-likeness (QED) is 0.792. The number of aryl methyl sites for hydroxylation is 1. The fourth-order valence-corrected chi connectivity index (χ4v) is 5.15. The third kappa shape index (κ3) is 2.86. The summed E-state index contributed by atoms with van der Waals surface area (Å²) >= 11 is 7.98. The van der Waals surface area contributed by atoms with E-state index in [1.165, 1.54) is 49.0 Å². The van der Waals surface area contributed by atoms with Crippen molar-refractivity contribution in [1.29, 1.82) is 0 Å². The minimum absolute atomic E-state index is 0.547. The second kappa shape index (κ2) is 5.75. The first-order valence-corrected chi connectivity index (χ1v) is 8.88. The molecule has 1 fully saturated rings. The van der Waals surface area contributed by atoms with Crippen LogP contribution in [0.4, 0.5) is 0 Å². The molecule has 106 valence electrons. The van der Waals surface area contributed by atoms with Gasteiger partial charge in [0.15, 0.2) is 0 Å². The minimum Gasteiger partial charge on any atom is -0.307 e. The second-order valence-corrected chi connectivity index (χ2v) is 8.18. The van der Waals surface area contributed by atoms with Crippen molar-refractivity contribution in [3.05, 3.63) is 20.8 Å². The van der Waals surface area contributed by atoms with Crippen LogP contribution in [0.15, 0.2) is 6.07 Å². The molecule has 4 atom stereocenters. The smallest absolute Gasteiger partial charge is 0.0934 e. The third-order valence-electron chi connectivity index (χ3n) is 5.21. The standard InChI is InChI=1S/C16H24ClNS/c1-10-5-3-6-13(11(10)2)18-14-7-4-8-15-12(14)9-16(17)19-15/h9-11,13-14,18H,3-8H2,1-2H3. The molecule has 1 aromatic rings. The van der Waals surface area contributed by atoms with E-state index < -0.39 is 0 Å². The predicted molar refractivity (Wildman–Crippen MR) is 84.1 cm³/mol. The number of hydrogen-bond donors (Lipinski definition) is 1. The molecule has 1 heterocycles. The molecule has 0 spiro atoms. The van der Waals surface area contributed by atoms with Gasteiger partial charge < -0.3 is 5.32 Å². The Morgan fingerprint density at radius 3 is 2.89 bits per heavy atom. The molecule has 4 unspecified atom stereocenters. The monoisotopic (exact) mass is 297 g/mol. The molecule has 1 nitrogen and oxygen atoms in total. The van der Waals surface area contributed by atoms with Crippen LogP contribution in [-0.4, -0.2) is 6.04 Å². The van der Waals surface area contributed by atoms with Gasteiger partial charge in [0.25, 0.3) is 0 Å². The molecule has 0 aromatic carbocycles. The maximum Gasteiger partial charge on any atom is 0.0934 e. The molecule has 2 aliphatic carbocycles. The van der Waals surface area contributed by atoms with Gasteiger partial charge in [0.1, 0.15) is 0 Å². The van der Waals surface area contributed by atoms with Gasteiger partial charge in [-0.15, -0.1) is 11.3 Å². The van der Waals surface area contributed by atoms with E-state index in [0.29, 0.717) is 12.1 Å². The Morgan fingerprint density at radius 1 is 1.21 bits per heavy atom. The molecular formula is C16H24ClNS. The van der Waals surface area contributed by atoms with Crippen molar-refractivity contribution >= 4 is 22.9 Å². The van der Waals surface area contributed by atoms with Gasteiger partial charge in [-0.3, -0.25) is 0 Å². The predicted octanol–water partition coefficient (Wildman–Crippen LogP) is 5.19. The maximum absolute atomic E-state index is 6.20. The summed E-state index contributed by atoms with van der Waals surface area (Å²) in [6.45, 7) is 4.83. The highest BCUT2D eigenvalue weighted by Gasteiger charge is 2.31. The number of thiophene rings is 1. The van der Waals surface area contributed by atoms with Crippen LogP contribution in [0.3, 0.4) is 0 Å². The van der Waals surface area contributed by atoms with Gasteiger partial charge in [-0.2, -0.15) is 0 Å². The number of rotatable bonds is 2. The van der Waals surface area contributed by atoms with E-state index in [2.05, 4.69) is 25.2 Å². The van der Waals surface area contributed by atoms with Crippen molar-refractivity contribution in [2.24, 2.45) is 11.8 Å². The lowest BCUT2D eigenvalue weighted by molar-refractivity contribution is 0.189. The largest absolute Gasteiger partial charge is 0.307 e. The van der Waals surface area contributed by atoms with Crippen LogP contribution in [0.1, 0.15) is 62.4 Å². The first kappa shape index (κ1) is 13.9. The average molecular weight is 298 g/mol. The van der Waals surface area contributed by atoms with Gasteiger partial charge in [-0.25, -0.2) is 0 Å². The highest BCUT2D eigenvalue weighted by atomic mass is 35.5. The zero-order chi connectivity index (χ0) is 13.4. The fourth-order valence-electron chi connectivity index (χ4n) is 3.77. The van der Waals surface area contributed by atoms with E-state index in [9.17, 15) is 0 Å². The minimum atomic E-state index is 0.547. The molecule has 0 saturated heterocycles. The number of fused-ring (bicyclic) bond motifs is 1. The van der Waals surface area contributed by atoms with Gasteiger partial charge in [-0.05, 0) is 49.1 Å². The van der Waals surface area contributed by atoms with Gasteiger partial charge in [0.05, 0.1) is 4.34 Å². The zero-order valence-electron chi connectivity index (χ0n) is 11.9. The molecule has 0 amide bonds. The number of nitrogens with one attached hydrogen (secondary N) is 1. The van der Waals surface area contributed by atoms with Gasteiger partial charge in [-0.1, -0.05) is 38.3 Å². The maximum atomic E-state index is 6.20. The summed E-state index contributed by atoms with van der Waals surface area (Å²) in [6, 6.07) is 3.44. The molecule has 0 aliphatic heterocycles. The SMILES string of the molecule is CC1CCCC(NC2CCCc3sc(Cl)cc32)C1C. The number of hydrogen-bond acceptors (Lipinski definition) is 2. The molecule has 1 aromatic heterocycles. The van der Waals surface area contributed by atoms with Crippen LogP contribution in [-0.2, 0) is 6.42 Å². The van der Waals surface area contributed by atoms with Crippen molar-refractivity contribution in [2.45, 2.75) is 64.5 Å². The molecule has 0 bridgehead atoms. The zero-order valence-corrected chi connectivity index (χ0v) is 13.5. The Hall–Kier alpha value is -0.0500.